The molecule has 2 aliphatic rings. The summed E-state index contributed by atoms with van der Waals surface area (Å²) in [5.41, 5.74) is 1.66. The zero-order valence-corrected chi connectivity index (χ0v) is 19.1. The summed E-state index contributed by atoms with van der Waals surface area (Å²) in [6, 6.07) is 10.0. The van der Waals surface area contributed by atoms with Gasteiger partial charge < -0.3 is 20.3 Å². The molecule has 2 bridgehead atoms. The van der Waals surface area contributed by atoms with Crippen LogP contribution in [0.1, 0.15) is 56.0 Å². The third kappa shape index (κ3) is 3.45. The van der Waals surface area contributed by atoms with Crippen LogP contribution in [0, 0.1) is 16.7 Å². The summed E-state index contributed by atoms with van der Waals surface area (Å²) in [5.74, 6) is 0.176. The fraction of sp³-hybridized carbons (Fsp3) is 0.458. The van der Waals surface area contributed by atoms with Crippen LogP contribution in [0.25, 0.3) is 0 Å². The number of rotatable bonds is 5. The van der Waals surface area contributed by atoms with Gasteiger partial charge in [-0.15, -0.1) is 0 Å². The summed E-state index contributed by atoms with van der Waals surface area (Å²) < 4.78 is 6.80. The first-order valence-electron chi connectivity index (χ1n) is 10.4. The minimum atomic E-state index is -0.490. The second-order valence-electron chi connectivity index (χ2n) is 9.36. The van der Waals surface area contributed by atoms with Gasteiger partial charge in [-0.1, -0.05) is 36.7 Å². The van der Waals surface area contributed by atoms with Gasteiger partial charge in [0.1, 0.15) is 23.2 Å². The highest BCUT2D eigenvalue weighted by Crippen LogP contribution is 2.66. The average Bonchev–Trinajstić information content (AvgIpc) is 3.03. The Hall–Kier alpha value is -2.21. The Morgan fingerprint density at radius 3 is 2.57 bits per heavy atom. The summed E-state index contributed by atoms with van der Waals surface area (Å²) in [6.45, 7) is 7.15. The van der Waals surface area contributed by atoms with E-state index in [4.69, 9.17) is 4.74 Å². The van der Waals surface area contributed by atoms with Gasteiger partial charge in [-0.25, -0.2) is 4.79 Å². The zero-order chi connectivity index (χ0) is 21.7. The molecule has 3 unspecified atom stereocenters. The molecular formula is C24H28BrNO4. The topological polar surface area (TPSA) is 78.8 Å². The SMILES string of the molecule is CC1(C)C2CCC1(C)C(OC(=O)c1cc(NCc3cc(Br)ccc3O)ccc1O)C2. The standard InChI is InChI=1S/C24H28BrNO4/c1-23(2)15-8-9-24(23,3)21(11-15)30-22(29)18-12-17(5-7-20(18)28)26-13-14-10-16(25)4-6-19(14)27/h4-7,10,12,15,21,26-28H,8-9,11,13H2,1-3H3. The smallest absolute Gasteiger partial charge is 0.342 e. The third-order valence-corrected chi connectivity index (χ3v) is 8.20. The monoisotopic (exact) mass is 473 g/mol. The van der Waals surface area contributed by atoms with Crippen LogP contribution in [0.4, 0.5) is 5.69 Å². The predicted molar refractivity (Wildman–Crippen MR) is 120 cm³/mol. The molecule has 2 fully saturated rings. The summed E-state index contributed by atoms with van der Waals surface area (Å²) in [7, 11) is 0. The number of benzene rings is 2. The van der Waals surface area contributed by atoms with Gasteiger partial charge in [0.25, 0.3) is 0 Å². The molecule has 0 spiro atoms. The molecule has 160 valence electrons. The van der Waals surface area contributed by atoms with E-state index in [1.54, 1.807) is 24.3 Å². The molecule has 0 heterocycles. The average molecular weight is 474 g/mol. The molecule has 2 aliphatic carbocycles. The van der Waals surface area contributed by atoms with Crippen LogP contribution in [0.2, 0.25) is 0 Å². The van der Waals surface area contributed by atoms with Crippen molar-refractivity contribution in [3.63, 3.8) is 0 Å². The maximum atomic E-state index is 12.9. The number of ether oxygens (including phenoxy) is 1. The van der Waals surface area contributed by atoms with Gasteiger partial charge >= 0.3 is 5.97 Å². The van der Waals surface area contributed by atoms with E-state index in [-0.39, 0.29) is 34.0 Å². The van der Waals surface area contributed by atoms with Crippen molar-refractivity contribution in [3.8, 4) is 11.5 Å². The molecule has 0 saturated heterocycles. The highest BCUT2D eigenvalue weighted by molar-refractivity contribution is 9.10. The number of carbonyl (C=O) groups excluding carboxylic acids is 1. The minimum Gasteiger partial charge on any atom is -0.508 e. The van der Waals surface area contributed by atoms with E-state index < -0.39 is 5.97 Å². The number of hydrogen-bond acceptors (Lipinski definition) is 5. The lowest BCUT2D eigenvalue weighted by molar-refractivity contribution is -0.0244. The first-order chi connectivity index (χ1) is 14.1. The van der Waals surface area contributed by atoms with Crippen LogP contribution in [0.3, 0.4) is 0 Å². The molecule has 6 heteroatoms. The lowest BCUT2D eigenvalue weighted by Crippen LogP contribution is -2.38. The molecule has 2 aromatic carbocycles. The predicted octanol–water partition coefficient (Wildman–Crippen LogP) is 5.84. The lowest BCUT2D eigenvalue weighted by atomic mass is 9.70. The van der Waals surface area contributed by atoms with Crippen molar-refractivity contribution in [2.75, 3.05) is 5.32 Å². The van der Waals surface area contributed by atoms with Crippen LogP contribution >= 0.6 is 15.9 Å². The number of anilines is 1. The number of nitrogens with one attached hydrogen (secondary N) is 1. The van der Waals surface area contributed by atoms with Gasteiger partial charge in [0.2, 0.25) is 0 Å². The second-order valence-corrected chi connectivity index (χ2v) is 10.3. The molecular weight excluding hydrogens is 446 g/mol. The summed E-state index contributed by atoms with van der Waals surface area (Å²) >= 11 is 3.40. The Bertz CT molecular complexity index is 989. The number of fused-ring (bicyclic) bond motifs is 2. The Balaban J connectivity index is 1.48. The minimum absolute atomic E-state index is 0.0307. The largest absolute Gasteiger partial charge is 0.508 e. The summed E-state index contributed by atoms with van der Waals surface area (Å²) in [6.07, 6.45) is 3.00. The lowest BCUT2D eigenvalue weighted by Gasteiger charge is -2.38. The van der Waals surface area contributed by atoms with Crippen molar-refractivity contribution >= 4 is 27.6 Å². The van der Waals surface area contributed by atoms with Crippen molar-refractivity contribution in [3.05, 3.63) is 52.0 Å². The molecule has 2 saturated carbocycles. The zero-order valence-electron chi connectivity index (χ0n) is 17.5. The summed E-state index contributed by atoms with van der Waals surface area (Å²) in [5, 5.41) is 23.5. The first kappa shape index (κ1) is 21.0. The van der Waals surface area contributed by atoms with E-state index in [0.717, 1.165) is 22.9 Å². The molecule has 0 aliphatic heterocycles. The number of hydrogen-bond donors (Lipinski definition) is 3. The first-order valence-corrected chi connectivity index (χ1v) is 11.2. The number of carbonyl (C=O) groups is 1. The van der Waals surface area contributed by atoms with E-state index >= 15 is 0 Å². The van der Waals surface area contributed by atoms with E-state index in [1.165, 1.54) is 12.5 Å². The van der Waals surface area contributed by atoms with Crippen LogP contribution in [-0.4, -0.2) is 22.3 Å². The van der Waals surface area contributed by atoms with Crippen molar-refractivity contribution in [2.45, 2.75) is 52.7 Å². The van der Waals surface area contributed by atoms with Gasteiger partial charge in [-0.05, 0) is 67.0 Å². The van der Waals surface area contributed by atoms with E-state index in [1.807, 2.05) is 6.07 Å². The van der Waals surface area contributed by atoms with Gasteiger partial charge in [0.05, 0.1) is 0 Å². The number of esters is 1. The van der Waals surface area contributed by atoms with Gasteiger partial charge in [0.15, 0.2) is 0 Å². The summed E-state index contributed by atoms with van der Waals surface area (Å²) in [4.78, 5) is 12.9. The fourth-order valence-corrected chi connectivity index (χ4v) is 5.61. The Morgan fingerprint density at radius 2 is 1.90 bits per heavy atom. The van der Waals surface area contributed by atoms with Crippen LogP contribution in [0.15, 0.2) is 40.9 Å². The van der Waals surface area contributed by atoms with Gasteiger partial charge in [0, 0.05) is 27.7 Å². The molecule has 4 rings (SSSR count). The Labute approximate surface area is 185 Å². The van der Waals surface area contributed by atoms with E-state index in [9.17, 15) is 15.0 Å². The second kappa shape index (κ2) is 7.49. The third-order valence-electron chi connectivity index (χ3n) is 7.70. The van der Waals surface area contributed by atoms with Crippen LogP contribution < -0.4 is 5.32 Å². The number of phenolic OH excluding ortho intramolecular Hbond substituents is 2. The molecule has 0 amide bonds. The normalized spacial score (nSPS) is 26.5. The van der Waals surface area contributed by atoms with Crippen LogP contribution in [0.5, 0.6) is 11.5 Å². The Kier molecular flexibility index (Phi) is 5.25. The highest BCUT2D eigenvalue weighted by atomic mass is 79.9. The molecule has 5 nitrogen and oxygen atoms in total. The van der Waals surface area contributed by atoms with E-state index in [0.29, 0.717) is 18.2 Å². The molecule has 3 atom stereocenters. The molecule has 0 aromatic heterocycles. The van der Waals surface area contributed by atoms with E-state index in [2.05, 4.69) is 42.0 Å². The quantitative estimate of drug-likeness (QED) is 0.375. The maximum Gasteiger partial charge on any atom is 0.342 e. The van der Waals surface area contributed by atoms with Crippen molar-refractivity contribution in [1.82, 2.24) is 0 Å². The highest BCUT2D eigenvalue weighted by Gasteiger charge is 2.62. The molecule has 0 radical (unpaired) electrons. The number of aromatic hydroxyl groups is 2. The van der Waals surface area contributed by atoms with Crippen molar-refractivity contribution < 1.29 is 19.7 Å². The molecule has 30 heavy (non-hydrogen) atoms. The van der Waals surface area contributed by atoms with Gasteiger partial charge in [-0.3, -0.25) is 0 Å². The number of phenols is 2. The molecule has 3 N–H and O–H groups in total. The molecule has 2 aromatic rings. The number of halogens is 1. The van der Waals surface area contributed by atoms with Crippen molar-refractivity contribution in [2.24, 2.45) is 16.7 Å². The van der Waals surface area contributed by atoms with Gasteiger partial charge in [-0.2, -0.15) is 0 Å². The fourth-order valence-electron chi connectivity index (χ4n) is 5.20. The Morgan fingerprint density at radius 1 is 1.17 bits per heavy atom. The maximum absolute atomic E-state index is 12.9. The van der Waals surface area contributed by atoms with Crippen molar-refractivity contribution in [1.29, 1.82) is 0 Å². The van der Waals surface area contributed by atoms with Crippen LogP contribution in [-0.2, 0) is 11.3 Å².